The molecule has 0 aliphatic carbocycles. The second kappa shape index (κ2) is 9.52. The van der Waals surface area contributed by atoms with E-state index < -0.39 is 0 Å². The number of benzene rings is 1. The van der Waals surface area contributed by atoms with Crippen LogP contribution < -0.4 is 15.4 Å². The minimum atomic E-state index is -0.0920. The average Bonchev–Trinajstić information content (AvgIpc) is 2.54. The van der Waals surface area contributed by atoms with E-state index in [9.17, 15) is 4.79 Å². The fourth-order valence-electron chi connectivity index (χ4n) is 3.06. The summed E-state index contributed by atoms with van der Waals surface area (Å²) in [5, 5.41) is 5.94. The zero-order valence-corrected chi connectivity index (χ0v) is 15.2. The van der Waals surface area contributed by atoms with E-state index in [2.05, 4.69) is 29.4 Å². The molecule has 0 unspecified atom stereocenters. The lowest BCUT2D eigenvalue weighted by molar-refractivity contribution is 0.177. The van der Waals surface area contributed by atoms with Gasteiger partial charge < -0.3 is 20.3 Å². The first kappa shape index (κ1) is 18.6. The van der Waals surface area contributed by atoms with Gasteiger partial charge in [0.1, 0.15) is 12.4 Å². The van der Waals surface area contributed by atoms with Gasteiger partial charge in [0, 0.05) is 25.7 Å². The molecule has 1 aliphatic rings. The molecule has 5 nitrogen and oxygen atoms in total. The molecule has 1 heterocycles. The van der Waals surface area contributed by atoms with E-state index in [0.29, 0.717) is 19.1 Å². The molecule has 2 N–H and O–H groups in total. The van der Waals surface area contributed by atoms with Gasteiger partial charge in [-0.05, 0) is 37.3 Å². The van der Waals surface area contributed by atoms with Gasteiger partial charge in [-0.2, -0.15) is 0 Å². The van der Waals surface area contributed by atoms with Crippen molar-refractivity contribution < 1.29 is 9.53 Å². The van der Waals surface area contributed by atoms with E-state index in [1.54, 1.807) is 0 Å². The smallest absolute Gasteiger partial charge is 0.315 e. The molecule has 0 saturated carbocycles. The van der Waals surface area contributed by atoms with Crippen LogP contribution >= 0.6 is 0 Å². The molecule has 0 spiro atoms. The Balaban J connectivity index is 1.58. The molecule has 1 aromatic rings. The summed E-state index contributed by atoms with van der Waals surface area (Å²) < 4.78 is 5.68. The minimum Gasteiger partial charge on any atom is -0.491 e. The van der Waals surface area contributed by atoms with E-state index in [4.69, 9.17) is 4.74 Å². The number of carbonyl (C=O) groups is 1. The Morgan fingerprint density at radius 1 is 1.29 bits per heavy atom. The average molecular weight is 333 g/mol. The SMILES string of the molecule is Cc1ccccc1OCCNC(=O)NC1CCN(CC(C)C)CC1. The Hall–Kier alpha value is -1.75. The van der Waals surface area contributed by atoms with Gasteiger partial charge in [0.15, 0.2) is 0 Å². The quantitative estimate of drug-likeness (QED) is 0.755. The monoisotopic (exact) mass is 333 g/mol. The van der Waals surface area contributed by atoms with Gasteiger partial charge in [-0.1, -0.05) is 32.0 Å². The molecular weight excluding hydrogens is 302 g/mol. The Bertz CT molecular complexity index is 511. The third-order valence-corrected chi connectivity index (χ3v) is 4.28. The van der Waals surface area contributed by atoms with Gasteiger partial charge in [-0.3, -0.25) is 0 Å². The first-order valence-corrected chi connectivity index (χ1v) is 8.99. The molecule has 2 amide bonds. The van der Waals surface area contributed by atoms with Gasteiger partial charge in [-0.15, -0.1) is 0 Å². The van der Waals surface area contributed by atoms with Crippen LogP contribution in [0.3, 0.4) is 0 Å². The number of aryl methyl sites for hydroxylation is 1. The first-order valence-electron chi connectivity index (χ1n) is 8.99. The van der Waals surface area contributed by atoms with E-state index in [-0.39, 0.29) is 12.1 Å². The van der Waals surface area contributed by atoms with Gasteiger partial charge >= 0.3 is 6.03 Å². The number of urea groups is 1. The molecule has 1 saturated heterocycles. The van der Waals surface area contributed by atoms with Gasteiger partial charge in [0.05, 0.1) is 6.54 Å². The zero-order valence-electron chi connectivity index (χ0n) is 15.2. The number of para-hydroxylation sites is 1. The standard InChI is InChI=1S/C19H31N3O2/c1-15(2)14-22-11-8-17(9-12-22)21-19(23)20-10-13-24-18-7-5-4-6-16(18)3/h4-7,15,17H,8-14H2,1-3H3,(H2,20,21,23). The molecule has 0 bridgehead atoms. The van der Waals surface area contributed by atoms with Crippen molar-refractivity contribution in [1.82, 2.24) is 15.5 Å². The van der Waals surface area contributed by atoms with Gasteiger partial charge in [0.25, 0.3) is 0 Å². The van der Waals surface area contributed by atoms with Crippen molar-refractivity contribution in [3.05, 3.63) is 29.8 Å². The van der Waals surface area contributed by atoms with Crippen molar-refractivity contribution >= 4 is 6.03 Å². The summed E-state index contributed by atoms with van der Waals surface area (Å²) in [6, 6.07) is 8.09. The lowest BCUT2D eigenvalue weighted by Crippen LogP contribution is -2.48. The van der Waals surface area contributed by atoms with Crippen LogP contribution in [-0.4, -0.2) is 49.8 Å². The fourth-order valence-corrected chi connectivity index (χ4v) is 3.06. The molecule has 24 heavy (non-hydrogen) atoms. The Morgan fingerprint density at radius 3 is 2.67 bits per heavy atom. The lowest BCUT2D eigenvalue weighted by Gasteiger charge is -2.33. The van der Waals surface area contributed by atoms with Gasteiger partial charge in [0.2, 0.25) is 0 Å². The van der Waals surface area contributed by atoms with Crippen molar-refractivity contribution in [3.8, 4) is 5.75 Å². The van der Waals surface area contributed by atoms with Crippen molar-refractivity contribution in [1.29, 1.82) is 0 Å². The maximum atomic E-state index is 12.0. The second-order valence-electron chi connectivity index (χ2n) is 6.98. The number of nitrogens with zero attached hydrogens (tertiary/aromatic N) is 1. The van der Waals surface area contributed by atoms with E-state index in [1.807, 2.05) is 31.2 Å². The molecule has 1 aliphatic heterocycles. The predicted molar refractivity (Wildman–Crippen MR) is 97.5 cm³/mol. The van der Waals surface area contributed by atoms with Crippen molar-refractivity contribution in [2.45, 2.75) is 39.7 Å². The maximum absolute atomic E-state index is 12.0. The zero-order chi connectivity index (χ0) is 17.4. The highest BCUT2D eigenvalue weighted by atomic mass is 16.5. The van der Waals surface area contributed by atoms with Gasteiger partial charge in [-0.25, -0.2) is 4.79 Å². The molecule has 1 aromatic carbocycles. The van der Waals surface area contributed by atoms with E-state index in [0.717, 1.165) is 43.8 Å². The summed E-state index contributed by atoms with van der Waals surface area (Å²) in [5.41, 5.74) is 1.11. The predicted octanol–water partition coefficient (Wildman–Crippen LogP) is 2.79. The number of rotatable bonds is 7. The summed E-state index contributed by atoms with van der Waals surface area (Å²) in [6.07, 6.45) is 2.06. The number of likely N-dealkylation sites (tertiary alicyclic amines) is 1. The molecule has 5 heteroatoms. The third-order valence-electron chi connectivity index (χ3n) is 4.28. The Morgan fingerprint density at radius 2 is 2.00 bits per heavy atom. The normalized spacial score (nSPS) is 16.2. The number of ether oxygens (including phenoxy) is 1. The van der Waals surface area contributed by atoms with Crippen LogP contribution in [0.15, 0.2) is 24.3 Å². The summed E-state index contributed by atoms with van der Waals surface area (Å²) >= 11 is 0. The molecule has 0 aromatic heterocycles. The molecular formula is C19H31N3O2. The number of nitrogens with one attached hydrogen (secondary N) is 2. The van der Waals surface area contributed by atoms with Crippen molar-refractivity contribution in [2.75, 3.05) is 32.8 Å². The summed E-state index contributed by atoms with van der Waals surface area (Å²) in [7, 11) is 0. The van der Waals surface area contributed by atoms with Crippen molar-refractivity contribution in [3.63, 3.8) is 0 Å². The molecule has 1 fully saturated rings. The van der Waals surface area contributed by atoms with E-state index >= 15 is 0 Å². The summed E-state index contributed by atoms with van der Waals surface area (Å²) in [6.45, 7) is 10.8. The highest BCUT2D eigenvalue weighted by Crippen LogP contribution is 2.15. The third kappa shape index (κ3) is 6.40. The van der Waals surface area contributed by atoms with Crippen LogP contribution in [0.1, 0.15) is 32.3 Å². The summed E-state index contributed by atoms with van der Waals surface area (Å²) in [5.74, 6) is 1.57. The minimum absolute atomic E-state index is 0.0920. The van der Waals surface area contributed by atoms with E-state index in [1.165, 1.54) is 0 Å². The Kier molecular flexibility index (Phi) is 7.37. The number of hydrogen-bond acceptors (Lipinski definition) is 3. The number of carbonyl (C=O) groups excluding carboxylic acids is 1. The first-order chi connectivity index (χ1) is 11.5. The largest absolute Gasteiger partial charge is 0.491 e. The highest BCUT2D eigenvalue weighted by molar-refractivity contribution is 5.74. The van der Waals surface area contributed by atoms with Crippen molar-refractivity contribution in [2.24, 2.45) is 5.92 Å². The maximum Gasteiger partial charge on any atom is 0.315 e. The van der Waals surface area contributed by atoms with Crippen LogP contribution in [0.4, 0.5) is 4.79 Å². The van der Waals surface area contributed by atoms with Crippen LogP contribution in [0.2, 0.25) is 0 Å². The van der Waals surface area contributed by atoms with Crippen LogP contribution in [-0.2, 0) is 0 Å². The van der Waals surface area contributed by atoms with Crippen LogP contribution in [0.5, 0.6) is 5.75 Å². The number of amides is 2. The highest BCUT2D eigenvalue weighted by Gasteiger charge is 2.20. The topological polar surface area (TPSA) is 53.6 Å². The lowest BCUT2D eigenvalue weighted by atomic mass is 10.0. The number of hydrogen-bond donors (Lipinski definition) is 2. The Labute approximate surface area is 145 Å². The summed E-state index contributed by atoms with van der Waals surface area (Å²) in [4.78, 5) is 14.4. The fraction of sp³-hybridized carbons (Fsp3) is 0.632. The van der Waals surface area contributed by atoms with Crippen LogP contribution in [0.25, 0.3) is 0 Å². The molecule has 2 rings (SSSR count). The molecule has 0 atom stereocenters. The number of piperidine rings is 1. The second-order valence-corrected chi connectivity index (χ2v) is 6.98. The van der Waals surface area contributed by atoms with Crippen LogP contribution in [0, 0.1) is 12.8 Å². The molecule has 0 radical (unpaired) electrons. The molecule has 134 valence electrons.